The Balaban J connectivity index is 1.88. The molecule has 1 fully saturated rings. The molecule has 0 radical (unpaired) electrons. The largest absolute Gasteiger partial charge is 0.484 e. The van der Waals surface area contributed by atoms with E-state index in [2.05, 4.69) is 22.9 Å². The van der Waals surface area contributed by atoms with Gasteiger partial charge in [-0.15, -0.1) is 0 Å². The second kappa shape index (κ2) is 6.39. The first-order valence-corrected chi connectivity index (χ1v) is 7.27. The lowest BCUT2D eigenvalue weighted by molar-refractivity contribution is -0.134. The Kier molecular flexibility index (Phi) is 4.82. The summed E-state index contributed by atoms with van der Waals surface area (Å²) >= 11 is 3.37. The number of ether oxygens (including phenoxy) is 1. The molecule has 1 saturated heterocycles. The fourth-order valence-corrected chi connectivity index (χ4v) is 2.82. The van der Waals surface area contributed by atoms with E-state index in [1.165, 1.54) is 0 Å². The number of carbonyl (C=O) groups excluding carboxylic acids is 1. The monoisotopic (exact) mass is 326 g/mol. The van der Waals surface area contributed by atoms with Gasteiger partial charge in [-0.3, -0.25) is 4.79 Å². The molecule has 104 valence electrons. The summed E-state index contributed by atoms with van der Waals surface area (Å²) in [7, 11) is 0. The van der Waals surface area contributed by atoms with Crippen molar-refractivity contribution in [1.29, 1.82) is 0 Å². The number of benzene rings is 1. The first-order valence-electron chi connectivity index (χ1n) is 6.48. The highest BCUT2D eigenvalue weighted by Gasteiger charge is 2.31. The van der Waals surface area contributed by atoms with Crippen LogP contribution in [0.3, 0.4) is 0 Å². The average molecular weight is 327 g/mol. The molecule has 0 aromatic heterocycles. The molecule has 1 heterocycles. The Morgan fingerprint density at radius 1 is 1.58 bits per heavy atom. The highest BCUT2D eigenvalue weighted by molar-refractivity contribution is 9.10. The van der Waals surface area contributed by atoms with Crippen molar-refractivity contribution in [3.05, 3.63) is 28.7 Å². The van der Waals surface area contributed by atoms with Crippen molar-refractivity contribution in [1.82, 2.24) is 4.90 Å². The molecule has 5 heteroatoms. The fourth-order valence-electron chi connectivity index (χ4n) is 2.45. The average Bonchev–Trinajstić information content (AvgIpc) is 2.77. The maximum absolute atomic E-state index is 12.1. The molecule has 2 unspecified atom stereocenters. The predicted octanol–water partition coefficient (Wildman–Crippen LogP) is 2.02. The minimum Gasteiger partial charge on any atom is -0.484 e. The molecule has 0 bridgehead atoms. The predicted molar refractivity (Wildman–Crippen MR) is 78.0 cm³/mol. The van der Waals surface area contributed by atoms with Gasteiger partial charge in [0, 0.05) is 17.1 Å². The van der Waals surface area contributed by atoms with E-state index in [0.29, 0.717) is 18.2 Å². The second-order valence-corrected chi connectivity index (χ2v) is 5.89. The summed E-state index contributed by atoms with van der Waals surface area (Å²) in [6, 6.07) is 7.75. The van der Waals surface area contributed by atoms with E-state index < -0.39 is 0 Å². The summed E-state index contributed by atoms with van der Waals surface area (Å²) in [6.45, 7) is 3.53. The van der Waals surface area contributed by atoms with Crippen LogP contribution in [-0.4, -0.2) is 36.5 Å². The molecule has 4 nitrogen and oxygen atoms in total. The molecule has 0 aliphatic carbocycles. The molecular formula is C14H19BrN2O2. The van der Waals surface area contributed by atoms with Gasteiger partial charge < -0.3 is 15.4 Å². The van der Waals surface area contributed by atoms with Crippen LogP contribution in [0.5, 0.6) is 5.75 Å². The van der Waals surface area contributed by atoms with Gasteiger partial charge in [0.05, 0.1) is 0 Å². The number of carbonyl (C=O) groups is 1. The first kappa shape index (κ1) is 14.3. The zero-order valence-corrected chi connectivity index (χ0v) is 12.6. The third-order valence-corrected chi connectivity index (χ3v) is 3.97. The molecule has 1 aliphatic heterocycles. The highest BCUT2D eigenvalue weighted by Crippen LogP contribution is 2.23. The zero-order valence-electron chi connectivity index (χ0n) is 11.0. The van der Waals surface area contributed by atoms with Gasteiger partial charge in [-0.25, -0.2) is 0 Å². The van der Waals surface area contributed by atoms with Crippen LogP contribution in [0, 0.1) is 5.92 Å². The number of rotatable bonds is 4. The maximum atomic E-state index is 12.1. The summed E-state index contributed by atoms with van der Waals surface area (Å²) in [5, 5.41) is 0. The summed E-state index contributed by atoms with van der Waals surface area (Å²) in [5.41, 5.74) is 5.67. The number of likely N-dealkylation sites (tertiary alicyclic amines) is 1. The van der Waals surface area contributed by atoms with Crippen molar-refractivity contribution in [3.8, 4) is 5.75 Å². The number of amides is 1. The topological polar surface area (TPSA) is 55.6 Å². The van der Waals surface area contributed by atoms with Crippen LogP contribution in [0.25, 0.3) is 0 Å². The summed E-state index contributed by atoms with van der Waals surface area (Å²) < 4.78 is 6.47. The normalized spacial score (nSPS) is 22.6. The molecule has 1 aliphatic rings. The minimum absolute atomic E-state index is 0.0309. The highest BCUT2D eigenvalue weighted by atomic mass is 79.9. The summed E-state index contributed by atoms with van der Waals surface area (Å²) in [6.07, 6.45) is 0.985. The van der Waals surface area contributed by atoms with Crippen molar-refractivity contribution >= 4 is 21.8 Å². The Labute approximate surface area is 122 Å². The number of halogens is 1. The molecule has 1 aromatic carbocycles. The Morgan fingerprint density at radius 3 is 3.00 bits per heavy atom. The molecule has 1 amide bonds. The number of hydrogen-bond acceptors (Lipinski definition) is 3. The maximum Gasteiger partial charge on any atom is 0.260 e. The van der Waals surface area contributed by atoms with Crippen LogP contribution in [0.1, 0.15) is 13.3 Å². The fraction of sp³-hybridized carbons (Fsp3) is 0.500. The molecule has 0 spiro atoms. The van der Waals surface area contributed by atoms with Crippen LogP contribution >= 0.6 is 15.9 Å². The van der Waals surface area contributed by atoms with E-state index in [1.54, 1.807) is 0 Å². The van der Waals surface area contributed by atoms with Gasteiger partial charge >= 0.3 is 0 Å². The van der Waals surface area contributed by atoms with Gasteiger partial charge in [0.1, 0.15) is 5.75 Å². The first-order chi connectivity index (χ1) is 9.10. The molecule has 1 aromatic rings. The Bertz CT molecular complexity index is 453. The number of hydrogen-bond donors (Lipinski definition) is 1. The Morgan fingerprint density at radius 2 is 2.37 bits per heavy atom. The zero-order chi connectivity index (χ0) is 13.8. The lowest BCUT2D eigenvalue weighted by Gasteiger charge is -2.21. The van der Waals surface area contributed by atoms with Gasteiger partial charge in [0.2, 0.25) is 0 Å². The van der Waals surface area contributed by atoms with Gasteiger partial charge in [0.25, 0.3) is 5.91 Å². The molecule has 19 heavy (non-hydrogen) atoms. The molecule has 2 rings (SSSR count). The van der Waals surface area contributed by atoms with Crippen molar-refractivity contribution in [2.45, 2.75) is 19.4 Å². The quantitative estimate of drug-likeness (QED) is 0.921. The molecule has 0 saturated carbocycles. The van der Waals surface area contributed by atoms with Crippen LogP contribution < -0.4 is 10.5 Å². The SMILES string of the molecule is CC1CC(CN)CN1C(=O)COc1cccc(Br)c1. The number of nitrogens with zero attached hydrogens (tertiary/aromatic N) is 1. The van der Waals surface area contributed by atoms with Gasteiger partial charge in [-0.05, 0) is 44.0 Å². The van der Waals surface area contributed by atoms with E-state index in [4.69, 9.17) is 10.5 Å². The minimum atomic E-state index is 0.0309. The number of nitrogens with two attached hydrogens (primary N) is 1. The van der Waals surface area contributed by atoms with E-state index >= 15 is 0 Å². The summed E-state index contributed by atoms with van der Waals surface area (Å²) in [4.78, 5) is 14.0. The van der Waals surface area contributed by atoms with Crippen molar-refractivity contribution in [2.75, 3.05) is 19.7 Å². The van der Waals surface area contributed by atoms with E-state index in [9.17, 15) is 4.79 Å². The van der Waals surface area contributed by atoms with E-state index in [0.717, 1.165) is 17.4 Å². The standard InChI is InChI=1S/C14H19BrN2O2/c1-10-5-11(7-16)8-17(10)14(18)9-19-13-4-2-3-12(15)6-13/h2-4,6,10-11H,5,7-9,16H2,1H3. The molecule has 2 N–H and O–H groups in total. The van der Waals surface area contributed by atoms with Crippen molar-refractivity contribution in [3.63, 3.8) is 0 Å². The van der Waals surface area contributed by atoms with Gasteiger partial charge in [0.15, 0.2) is 6.61 Å². The third kappa shape index (κ3) is 3.70. The van der Waals surface area contributed by atoms with Crippen molar-refractivity contribution in [2.24, 2.45) is 11.7 Å². The van der Waals surface area contributed by atoms with E-state index in [1.807, 2.05) is 29.2 Å². The van der Waals surface area contributed by atoms with Crippen LogP contribution in [0.4, 0.5) is 0 Å². The summed E-state index contributed by atoms with van der Waals surface area (Å²) in [5.74, 6) is 1.15. The lowest BCUT2D eigenvalue weighted by Crippen LogP contribution is -2.37. The van der Waals surface area contributed by atoms with Gasteiger partial charge in [-0.2, -0.15) is 0 Å². The molecule has 2 atom stereocenters. The Hall–Kier alpha value is -1.07. The van der Waals surface area contributed by atoms with Crippen molar-refractivity contribution < 1.29 is 9.53 Å². The van der Waals surface area contributed by atoms with Crippen LogP contribution in [-0.2, 0) is 4.79 Å². The smallest absolute Gasteiger partial charge is 0.260 e. The lowest BCUT2D eigenvalue weighted by atomic mass is 10.1. The van der Waals surface area contributed by atoms with Gasteiger partial charge in [-0.1, -0.05) is 22.0 Å². The van der Waals surface area contributed by atoms with E-state index in [-0.39, 0.29) is 18.6 Å². The van der Waals surface area contributed by atoms with Crippen LogP contribution in [0.15, 0.2) is 28.7 Å². The second-order valence-electron chi connectivity index (χ2n) is 4.98. The van der Waals surface area contributed by atoms with Crippen LogP contribution in [0.2, 0.25) is 0 Å². The molecular weight excluding hydrogens is 308 g/mol. The third-order valence-electron chi connectivity index (χ3n) is 3.47.